The first-order valence-electron chi connectivity index (χ1n) is 6.31. The summed E-state index contributed by atoms with van der Waals surface area (Å²) in [5.74, 6) is 2.89. The van der Waals surface area contributed by atoms with Crippen molar-refractivity contribution >= 4 is 0 Å². The molecule has 1 unspecified atom stereocenters. The van der Waals surface area contributed by atoms with E-state index < -0.39 is 0 Å². The van der Waals surface area contributed by atoms with E-state index in [0.29, 0.717) is 5.92 Å². The lowest BCUT2D eigenvalue weighted by molar-refractivity contribution is 0.314. The van der Waals surface area contributed by atoms with Crippen LogP contribution in [0.1, 0.15) is 50.2 Å². The molecule has 1 saturated heterocycles. The van der Waals surface area contributed by atoms with Crippen LogP contribution in [-0.2, 0) is 12.5 Å². The summed E-state index contributed by atoms with van der Waals surface area (Å²) >= 11 is 0. The fourth-order valence-electron chi connectivity index (χ4n) is 2.69. The summed E-state index contributed by atoms with van der Waals surface area (Å²) in [6, 6.07) is 0. The predicted molar refractivity (Wildman–Crippen MR) is 62.4 cm³/mol. The number of aryl methyl sites for hydroxylation is 1. The van der Waals surface area contributed by atoms with Crippen molar-refractivity contribution in [3.63, 3.8) is 0 Å². The van der Waals surface area contributed by atoms with Gasteiger partial charge in [-0.3, -0.25) is 4.68 Å². The van der Waals surface area contributed by atoms with Crippen molar-refractivity contribution in [1.29, 1.82) is 0 Å². The zero-order chi connectivity index (χ0) is 11.2. The van der Waals surface area contributed by atoms with Crippen LogP contribution >= 0.6 is 0 Å². The van der Waals surface area contributed by atoms with Gasteiger partial charge in [0.1, 0.15) is 5.82 Å². The van der Waals surface area contributed by atoms with E-state index in [-0.39, 0.29) is 5.41 Å². The molecule has 0 spiro atoms. The molecular weight excluding hydrogens is 200 g/mol. The van der Waals surface area contributed by atoms with Gasteiger partial charge in [-0.2, -0.15) is 5.10 Å². The van der Waals surface area contributed by atoms with Crippen LogP contribution in [-0.4, -0.2) is 27.9 Å². The van der Waals surface area contributed by atoms with Crippen molar-refractivity contribution in [3.8, 4) is 0 Å². The van der Waals surface area contributed by atoms with Crippen LogP contribution in [0.4, 0.5) is 0 Å². The van der Waals surface area contributed by atoms with Crippen LogP contribution < -0.4 is 5.32 Å². The summed E-state index contributed by atoms with van der Waals surface area (Å²) < 4.78 is 2.00. The smallest absolute Gasteiger partial charge is 0.154 e. The molecule has 1 atom stereocenters. The Bertz CT molecular complexity index is 386. The molecule has 0 amide bonds. The number of hydrogen-bond donors (Lipinski definition) is 1. The lowest BCUT2D eigenvalue weighted by Gasteiger charge is -2.32. The van der Waals surface area contributed by atoms with Crippen molar-refractivity contribution in [2.45, 2.75) is 43.9 Å². The van der Waals surface area contributed by atoms with Gasteiger partial charge in [0, 0.05) is 24.9 Å². The summed E-state index contributed by atoms with van der Waals surface area (Å²) in [5.41, 5.74) is 0.174. The van der Waals surface area contributed by atoms with Crippen LogP contribution in [0.25, 0.3) is 0 Å². The van der Waals surface area contributed by atoms with E-state index in [1.165, 1.54) is 31.5 Å². The van der Waals surface area contributed by atoms with Crippen LogP contribution in [0.5, 0.6) is 0 Å². The highest BCUT2D eigenvalue weighted by Gasteiger charge is 2.36. The number of rotatable bonds is 2. The third kappa shape index (κ3) is 1.65. The number of nitrogens with zero attached hydrogens (tertiary/aromatic N) is 3. The van der Waals surface area contributed by atoms with E-state index >= 15 is 0 Å². The molecule has 1 aliphatic carbocycles. The molecule has 1 aromatic heterocycles. The zero-order valence-corrected chi connectivity index (χ0v) is 10.2. The number of hydrogen-bond acceptors (Lipinski definition) is 3. The SMILES string of the molecule is Cn1nc(C2CC2)nc1C1(C)CCCNC1. The van der Waals surface area contributed by atoms with Gasteiger partial charge in [-0.25, -0.2) is 4.98 Å². The maximum absolute atomic E-state index is 4.78. The molecule has 2 fully saturated rings. The largest absolute Gasteiger partial charge is 0.316 e. The first-order valence-corrected chi connectivity index (χ1v) is 6.31. The van der Waals surface area contributed by atoms with Gasteiger partial charge in [-0.1, -0.05) is 6.92 Å². The van der Waals surface area contributed by atoms with Gasteiger partial charge in [0.2, 0.25) is 0 Å². The Balaban J connectivity index is 1.91. The topological polar surface area (TPSA) is 42.7 Å². The lowest BCUT2D eigenvalue weighted by atomic mass is 9.82. The summed E-state index contributed by atoms with van der Waals surface area (Å²) in [6.07, 6.45) is 5.01. The molecule has 3 rings (SSSR count). The molecule has 1 N–H and O–H groups in total. The Morgan fingerprint density at radius 1 is 1.44 bits per heavy atom. The summed E-state index contributed by atoms with van der Waals surface area (Å²) in [5, 5.41) is 8.04. The average molecular weight is 220 g/mol. The first-order chi connectivity index (χ1) is 7.69. The Hall–Kier alpha value is -0.900. The van der Waals surface area contributed by atoms with Crippen LogP contribution in [0, 0.1) is 0 Å². The van der Waals surface area contributed by atoms with E-state index in [1.807, 2.05) is 11.7 Å². The summed E-state index contributed by atoms with van der Waals surface area (Å²) in [7, 11) is 2.04. The molecule has 2 heterocycles. The van der Waals surface area contributed by atoms with E-state index in [0.717, 1.165) is 18.9 Å². The predicted octanol–water partition coefficient (Wildman–Crippen LogP) is 1.33. The first kappa shape index (κ1) is 10.3. The van der Waals surface area contributed by atoms with Gasteiger partial charge >= 0.3 is 0 Å². The van der Waals surface area contributed by atoms with Crippen LogP contribution in [0.3, 0.4) is 0 Å². The minimum atomic E-state index is 0.174. The van der Waals surface area contributed by atoms with Crippen molar-refractivity contribution in [1.82, 2.24) is 20.1 Å². The lowest BCUT2D eigenvalue weighted by Crippen LogP contribution is -2.42. The van der Waals surface area contributed by atoms with Gasteiger partial charge in [0.15, 0.2) is 5.82 Å². The van der Waals surface area contributed by atoms with Crippen LogP contribution in [0.2, 0.25) is 0 Å². The third-order valence-electron chi connectivity index (χ3n) is 3.86. The van der Waals surface area contributed by atoms with Crippen LogP contribution in [0.15, 0.2) is 0 Å². The maximum Gasteiger partial charge on any atom is 0.154 e. The highest BCUT2D eigenvalue weighted by Crippen LogP contribution is 2.39. The molecule has 1 saturated carbocycles. The standard InChI is InChI=1S/C12H20N4/c1-12(6-3-7-13-8-12)11-14-10(9-4-5-9)15-16(11)2/h9,13H,3-8H2,1-2H3. The second-order valence-electron chi connectivity index (χ2n) is 5.53. The minimum absolute atomic E-state index is 0.174. The van der Waals surface area contributed by atoms with Gasteiger partial charge in [-0.05, 0) is 32.2 Å². The third-order valence-corrected chi connectivity index (χ3v) is 3.86. The van der Waals surface area contributed by atoms with E-state index in [2.05, 4.69) is 17.3 Å². The van der Waals surface area contributed by atoms with Crippen molar-refractivity contribution in [2.24, 2.45) is 7.05 Å². The number of nitrogens with one attached hydrogen (secondary N) is 1. The van der Waals surface area contributed by atoms with Crippen molar-refractivity contribution in [3.05, 3.63) is 11.6 Å². The Morgan fingerprint density at radius 3 is 2.88 bits per heavy atom. The Labute approximate surface area is 96.4 Å². The number of aromatic nitrogens is 3. The average Bonchev–Trinajstić information content (AvgIpc) is 3.03. The second kappa shape index (κ2) is 3.55. The fourth-order valence-corrected chi connectivity index (χ4v) is 2.69. The van der Waals surface area contributed by atoms with Gasteiger partial charge < -0.3 is 5.32 Å². The normalized spacial score (nSPS) is 30.6. The summed E-state index contributed by atoms with van der Waals surface area (Å²) in [4.78, 5) is 4.78. The van der Waals surface area contributed by atoms with Gasteiger partial charge in [0.05, 0.1) is 0 Å². The second-order valence-corrected chi connectivity index (χ2v) is 5.53. The molecule has 1 aliphatic heterocycles. The van der Waals surface area contributed by atoms with E-state index in [9.17, 15) is 0 Å². The molecule has 4 heteroatoms. The van der Waals surface area contributed by atoms with E-state index in [1.54, 1.807) is 0 Å². The molecule has 4 nitrogen and oxygen atoms in total. The Kier molecular flexibility index (Phi) is 2.28. The highest BCUT2D eigenvalue weighted by atomic mass is 15.3. The number of piperidine rings is 1. The minimum Gasteiger partial charge on any atom is -0.316 e. The maximum atomic E-state index is 4.78. The van der Waals surface area contributed by atoms with Crippen molar-refractivity contribution < 1.29 is 0 Å². The monoisotopic (exact) mass is 220 g/mol. The molecule has 0 radical (unpaired) electrons. The van der Waals surface area contributed by atoms with Gasteiger partial charge in [0.25, 0.3) is 0 Å². The van der Waals surface area contributed by atoms with E-state index in [4.69, 9.17) is 4.98 Å². The molecule has 0 aromatic carbocycles. The molecule has 88 valence electrons. The molecule has 0 bridgehead atoms. The Morgan fingerprint density at radius 2 is 2.25 bits per heavy atom. The molecule has 16 heavy (non-hydrogen) atoms. The molecule has 1 aromatic rings. The molecule has 2 aliphatic rings. The summed E-state index contributed by atoms with van der Waals surface area (Å²) in [6.45, 7) is 4.48. The zero-order valence-electron chi connectivity index (χ0n) is 10.2. The fraction of sp³-hybridized carbons (Fsp3) is 0.833. The van der Waals surface area contributed by atoms with Gasteiger partial charge in [-0.15, -0.1) is 0 Å². The highest BCUT2D eigenvalue weighted by molar-refractivity contribution is 5.14. The molecular formula is C12H20N4. The van der Waals surface area contributed by atoms with Crippen molar-refractivity contribution in [2.75, 3.05) is 13.1 Å². The quantitative estimate of drug-likeness (QED) is 0.817.